The van der Waals surface area contributed by atoms with Crippen LogP contribution < -0.4 is 10.2 Å². The Balaban J connectivity index is 1.64. The number of nitrogens with zero attached hydrogens (tertiary/aromatic N) is 4. The van der Waals surface area contributed by atoms with Crippen molar-refractivity contribution in [1.82, 2.24) is 20.3 Å². The van der Waals surface area contributed by atoms with Crippen molar-refractivity contribution in [3.05, 3.63) is 48.3 Å². The van der Waals surface area contributed by atoms with Gasteiger partial charge in [0.1, 0.15) is 11.4 Å². The second kappa shape index (κ2) is 7.04. The Bertz CT molecular complexity index is 721. The van der Waals surface area contributed by atoms with Crippen molar-refractivity contribution in [3.63, 3.8) is 0 Å². The van der Waals surface area contributed by atoms with Gasteiger partial charge in [0.15, 0.2) is 0 Å². The Hall–Kier alpha value is -2.71. The van der Waals surface area contributed by atoms with Gasteiger partial charge in [-0.25, -0.2) is 9.97 Å². The highest BCUT2D eigenvalue weighted by Crippen LogP contribution is 2.29. The lowest BCUT2D eigenvalue weighted by molar-refractivity contribution is -0.141. The Labute approximate surface area is 142 Å². The molecule has 1 saturated heterocycles. The summed E-state index contributed by atoms with van der Waals surface area (Å²) in [5.74, 6) is -0.314. The predicted molar refractivity (Wildman–Crippen MR) is 84.0 cm³/mol. The highest BCUT2D eigenvalue weighted by molar-refractivity contribution is 5.92. The van der Waals surface area contributed by atoms with Gasteiger partial charge in [0.2, 0.25) is 0 Å². The number of piperidine rings is 1. The zero-order valence-corrected chi connectivity index (χ0v) is 13.2. The van der Waals surface area contributed by atoms with Crippen LogP contribution in [0.5, 0.6) is 0 Å². The molecule has 0 saturated carbocycles. The quantitative estimate of drug-likeness (QED) is 0.919. The van der Waals surface area contributed by atoms with E-state index in [0.29, 0.717) is 18.8 Å². The van der Waals surface area contributed by atoms with Crippen molar-refractivity contribution < 1.29 is 18.0 Å². The molecule has 0 aromatic carbocycles. The number of hydrogen-bond acceptors (Lipinski definition) is 5. The highest BCUT2D eigenvalue weighted by atomic mass is 19.4. The van der Waals surface area contributed by atoms with Crippen LogP contribution >= 0.6 is 0 Å². The molecule has 1 aliphatic heterocycles. The Morgan fingerprint density at radius 2 is 2.04 bits per heavy atom. The molecule has 0 spiro atoms. The summed E-state index contributed by atoms with van der Waals surface area (Å²) in [5, 5.41) is 2.89. The maximum absolute atomic E-state index is 12.6. The second-order valence-electron chi connectivity index (χ2n) is 5.75. The van der Waals surface area contributed by atoms with Crippen molar-refractivity contribution in [2.75, 3.05) is 18.0 Å². The molecule has 0 bridgehead atoms. The topological polar surface area (TPSA) is 71.0 Å². The molecule has 1 unspecified atom stereocenters. The Kier molecular flexibility index (Phi) is 4.82. The molecule has 1 aliphatic rings. The molecule has 132 valence electrons. The molecule has 0 radical (unpaired) electrons. The molecule has 9 heteroatoms. The Morgan fingerprint density at radius 1 is 1.20 bits per heavy atom. The van der Waals surface area contributed by atoms with E-state index in [0.717, 1.165) is 18.9 Å². The number of carbonyl (C=O) groups excluding carboxylic acids is 1. The number of hydrogen-bond donors (Lipinski definition) is 1. The van der Waals surface area contributed by atoms with Gasteiger partial charge in [-0.3, -0.25) is 9.78 Å². The smallest absolute Gasteiger partial charge is 0.368 e. The fraction of sp³-hybridized carbons (Fsp3) is 0.375. The van der Waals surface area contributed by atoms with E-state index >= 15 is 0 Å². The van der Waals surface area contributed by atoms with Crippen molar-refractivity contribution >= 4 is 11.6 Å². The predicted octanol–water partition coefficient (Wildman–Crippen LogP) is 2.29. The highest BCUT2D eigenvalue weighted by Gasteiger charge is 2.32. The normalized spacial score (nSPS) is 18.0. The lowest BCUT2D eigenvalue weighted by Gasteiger charge is -2.34. The van der Waals surface area contributed by atoms with Gasteiger partial charge in [0.25, 0.3) is 5.91 Å². The molecule has 1 N–H and O–H groups in total. The van der Waals surface area contributed by atoms with Gasteiger partial charge in [-0.15, -0.1) is 0 Å². The second-order valence-corrected chi connectivity index (χ2v) is 5.75. The van der Waals surface area contributed by atoms with Crippen LogP contribution in [0, 0.1) is 0 Å². The minimum Gasteiger partial charge on any atom is -0.368 e. The van der Waals surface area contributed by atoms with Crippen LogP contribution in [0.1, 0.15) is 29.0 Å². The maximum Gasteiger partial charge on any atom is 0.433 e. The molecule has 3 rings (SSSR count). The number of amides is 1. The molecule has 2 aromatic rings. The van der Waals surface area contributed by atoms with Crippen LogP contribution in [0.3, 0.4) is 0 Å². The van der Waals surface area contributed by atoms with Crippen molar-refractivity contribution in [2.45, 2.75) is 25.1 Å². The summed E-state index contributed by atoms with van der Waals surface area (Å²) >= 11 is 0. The lowest BCUT2D eigenvalue weighted by atomic mass is 10.0. The molecule has 1 fully saturated rings. The number of rotatable bonds is 3. The fourth-order valence-corrected chi connectivity index (χ4v) is 2.75. The third-order valence-corrected chi connectivity index (χ3v) is 3.96. The van der Waals surface area contributed by atoms with Crippen LogP contribution in [0.4, 0.5) is 18.9 Å². The molecule has 0 aliphatic carbocycles. The van der Waals surface area contributed by atoms with Gasteiger partial charge in [0.05, 0.1) is 18.1 Å². The average Bonchev–Trinajstić information content (AvgIpc) is 2.62. The van der Waals surface area contributed by atoms with E-state index in [2.05, 4.69) is 20.3 Å². The van der Waals surface area contributed by atoms with Gasteiger partial charge in [-0.05, 0) is 25.0 Å². The van der Waals surface area contributed by atoms with E-state index in [1.54, 1.807) is 0 Å². The van der Waals surface area contributed by atoms with Crippen molar-refractivity contribution in [1.29, 1.82) is 0 Å². The summed E-state index contributed by atoms with van der Waals surface area (Å²) in [6.45, 7) is 1.20. The van der Waals surface area contributed by atoms with Gasteiger partial charge < -0.3 is 10.2 Å². The molecule has 1 atom stereocenters. The SMILES string of the molecule is O=C(NC1CCCN(c2ccc(C(F)(F)F)nc2)C1)c1cnccn1. The molecule has 2 aromatic heterocycles. The first-order chi connectivity index (χ1) is 11.9. The summed E-state index contributed by atoms with van der Waals surface area (Å²) < 4.78 is 37.8. The van der Waals surface area contributed by atoms with Crippen LogP contribution in [0.25, 0.3) is 0 Å². The monoisotopic (exact) mass is 351 g/mol. The van der Waals surface area contributed by atoms with Crippen LogP contribution in [0.15, 0.2) is 36.9 Å². The molecule has 6 nitrogen and oxygen atoms in total. The summed E-state index contributed by atoms with van der Waals surface area (Å²) in [7, 11) is 0. The van der Waals surface area contributed by atoms with E-state index in [4.69, 9.17) is 0 Å². The number of alkyl halides is 3. The number of pyridine rings is 1. The summed E-state index contributed by atoms with van der Waals surface area (Å²) in [6.07, 6.45) is 2.68. The average molecular weight is 351 g/mol. The maximum atomic E-state index is 12.6. The zero-order valence-electron chi connectivity index (χ0n) is 13.2. The third-order valence-electron chi connectivity index (χ3n) is 3.96. The van der Waals surface area contributed by atoms with Gasteiger partial charge >= 0.3 is 6.18 Å². The number of halogens is 3. The van der Waals surface area contributed by atoms with Crippen molar-refractivity contribution in [2.24, 2.45) is 0 Å². The lowest BCUT2D eigenvalue weighted by Crippen LogP contribution is -2.48. The van der Waals surface area contributed by atoms with E-state index < -0.39 is 11.9 Å². The van der Waals surface area contributed by atoms with Gasteiger partial charge in [-0.2, -0.15) is 13.2 Å². The number of anilines is 1. The van der Waals surface area contributed by atoms with E-state index in [9.17, 15) is 18.0 Å². The first kappa shape index (κ1) is 17.1. The summed E-state index contributed by atoms with van der Waals surface area (Å²) in [6, 6.07) is 2.25. The first-order valence-corrected chi connectivity index (χ1v) is 7.78. The largest absolute Gasteiger partial charge is 0.433 e. The van der Waals surface area contributed by atoms with Crippen LogP contribution in [-0.4, -0.2) is 40.0 Å². The van der Waals surface area contributed by atoms with Gasteiger partial charge in [-0.1, -0.05) is 0 Å². The molecule has 25 heavy (non-hydrogen) atoms. The molecular formula is C16H16F3N5O. The van der Waals surface area contributed by atoms with Crippen LogP contribution in [-0.2, 0) is 6.18 Å². The minimum atomic E-state index is -4.45. The number of carbonyl (C=O) groups is 1. The Morgan fingerprint density at radius 3 is 2.68 bits per heavy atom. The number of nitrogens with one attached hydrogen (secondary N) is 1. The van der Waals surface area contributed by atoms with E-state index in [-0.39, 0.29) is 17.6 Å². The molecule has 3 heterocycles. The third kappa shape index (κ3) is 4.23. The van der Waals surface area contributed by atoms with E-state index in [1.807, 2.05) is 4.90 Å². The minimum absolute atomic E-state index is 0.120. The zero-order chi connectivity index (χ0) is 17.9. The molecule has 1 amide bonds. The van der Waals surface area contributed by atoms with Crippen molar-refractivity contribution in [3.8, 4) is 0 Å². The molecular weight excluding hydrogens is 335 g/mol. The summed E-state index contributed by atoms with van der Waals surface area (Å²) in [4.78, 5) is 25.3. The number of aromatic nitrogens is 3. The first-order valence-electron chi connectivity index (χ1n) is 7.78. The van der Waals surface area contributed by atoms with Gasteiger partial charge in [0, 0.05) is 31.5 Å². The standard InChI is InChI=1S/C16H16F3N5O/c17-16(18,19)14-4-3-12(8-22-14)24-7-1-2-11(10-24)23-15(25)13-9-20-5-6-21-13/h3-6,8-9,11H,1-2,7,10H2,(H,23,25). The van der Waals surface area contributed by atoms with E-state index in [1.165, 1.54) is 30.9 Å². The summed E-state index contributed by atoms with van der Waals surface area (Å²) in [5.41, 5.74) is -0.0805. The fourth-order valence-electron chi connectivity index (χ4n) is 2.75. The van der Waals surface area contributed by atoms with Crippen LogP contribution in [0.2, 0.25) is 0 Å².